The molecule has 0 radical (unpaired) electrons. The molecule has 15 heavy (non-hydrogen) atoms. The summed E-state index contributed by atoms with van der Waals surface area (Å²) in [7, 11) is -3.54. The van der Waals surface area contributed by atoms with Crippen LogP contribution in [0.5, 0.6) is 0 Å². The maximum absolute atomic E-state index is 11.5. The van der Waals surface area contributed by atoms with Crippen molar-refractivity contribution < 1.29 is 18.3 Å². The van der Waals surface area contributed by atoms with E-state index in [9.17, 15) is 13.2 Å². The minimum absolute atomic E-state index is 0.0410. The zero-order valence-corrected chi connectivity index (χ0v) is 9.91. The van der Waals surface area contributed by atoms with Crippen LogP contribution in [0.2, 0.25) is 0 Å². The third kappa shape index (κ3) is 2.55. The van der Waals surface area contributed by atoms with Crippen LogP contribution in [0.4, 0.5) is 0 Å². The predicted molar refractivity (Wildman–Crippen MR) is 56.9 cm³/mol. The summed E-state index contributed by atoms with van der Waals surface area (Å²) in [4.78, 5) is 10.8. The minimum Gasteiger partial charge on any atom is -0.477 e. The van der Waals surface area contributed by atoms with Crippen LogP contribution in [-0.4, -0.2) is 26.0 Å². The molecule has 0 bridgehead atoms. The van der Waals surface area contributed by atoms with Gasteiger partial charge in [0.15, 0.2) is 0 Å². The van der Waals surface area contributed by atoms with Crippen molar-refractivity contribution in [1.29, 1.82) is 0 Å². The SMILES string of the molecule is CCNS(=O)(=O)c1cc(C)c(C(=O)O)s1. The van der Waals surface area contributed by atoms with Gasteiger partial charge in [-0.3, -0.25) is 0 Å². The Balaban J connectivity index is 3.19. The molecule has 7 heteroatoms. The summed E-state index contributed by atoms with van der Waals surface area (Å²) in [6.45, 7) is 3.52. The number of nitrogens with one attached hydrogen (secondary N) is 1. The number of carboxylic acid groups (broad SMARTS) is 1. The van der Waals surface area contributed by atoms with Gasteiger partial charge in [0, 0.05) is 6.54 Å². The van der Waals surface area contributed by atoms with Crippen molar-refractivity contribution in [2.75, 3.05) is 6.54 Å². The standard InChI is InChI=1S/C8H11NO4S2/c1-3-9-15(12,13)6-4-5(2)7(14-6)8(10)11/h4,9H,3H2,1-2H3,(H,10,11). The maximum atomic E-state index is 11.5. The van der Waals surface area contributed by atoms with E-state index in [2.05, 4.69) is 4.72 Å². The fourth-order valence-electron chi connectivity index (χ4n) is 1.06. The molecule has 1 heterocycles. The first-order valence-electron chi connectivity index (χ1n) is 4.22. The molecule has 0 amide bonds. The van der Waals surface area contributed by atoms with Crippen LogP contribution in [0.15, 0.2) is 10.3 Å². The zero-order chi connectivity index (χ0) is 11.6. The molecule has 0 saturated carbocycles. The Morgan fingerprint density at radius 1 is 1.60 bits per heavy atom. The Bertz CT molecular complexity index is 475. The van der Waals surface area contributed by atoms with E-state index in [0.717, 1.165) is 11.3 Å². The van der Waals surface area contributed by atoms with Gasteiger partial charge in [0.1, 0.15) is 9.09 Å². The lowest BCUT2D eigenvalue weighted by atomic mass is 10.3. The Morgan fingerprint density at radius 3 is 2.60 bits per heavy atom. The van der Waals surface area contributed by atoms with E-state index in [-0.39, 0.29) is 15.6 Å². The summed E-state index contributed by atoms with van der Waals surface area (Å²) in [5, 5.41) is 8.77. The molecule has 2 N–H and O–H groups in total. The van der Waals surface area contributed by atoms with Gasteiger partial charge in [0.2, 0.25) is 10.0 Å². The number of carboxylic acids is 1. The van der Waals surface area contributed by atoms with Crippen LogP contribution < -0.4 is 4.72 Å². The second-order valence-corrected chi connectivity index (χ2v) is 5.93. The Morgan fingerprint density at radius 2 is 2.20 bits per heavy atom. The van der Waals surface area contributed by atoms with Crippen molar-refractivity contribution in [3.8, 4) is 0 Å². The molecule has 0 aromatic carbocycles. The van der Waals surface area contributed by atoms with Gasteiger partial charge in [-0.1, -0.05) is 6.92 Å². The number of hydrogen-bond donors (Lipinski definition) is 2. The van der Waals surface area contributed by atoms with E-state index in [4.69, 9.17) is 5.11 Å². The molecule has 0 fully saturated rings. The van der Waals surface area contributed by atoms with Crippen molar-refractivity contribution in [1.82, 2.24) is 4.72 Å². The molecule has 1 aromatic rings. The number of thiophene rings is 1. The summed E-state index contributed by atoms with van der Waals surface area (Å²) < 4.78 is 25.4. The van der Waals surface area contributed by atoms with E-state index >= 15 is 0 Å². The second-order valence-electron chi connectivity index (χ2n) is 2.88. The van der Waals surface area contributed by atoms with Crippen molar-refractivity contribution in [3.05, 3.63) is 16.5 Å². The summed E-state index contributed by atoms with van der Waals surface area (Å²) in [5.41, 5.74) is 0.462. The summed E-state index contributed by atoms with van der Waals surface area (Å²) in [6, 6.07) is 1.37. The number of aryl methyl sites for hydroxylation is 1. The zero-order valence-electron chi connectivity index (χ0n) is 8.27. The fraction of sp³-hybridized carbons (Fsp3) is 0.375. The molecule has 5 nitrogen and oxygen atoms in total. The molecule has 0 saturated heterocycles. The monoisotopic (exact) mass is 249 g/mol. The summed E-state index contributed by atoms with van der Waals surface area (Å²) in [5.74, 6) is -1.10. The van der Waals surface area contributed by atoms with Gasteiger partial charge in [-0.25, -0.2) is 17.9 Å². The van der Waals surface area contributed by atoms with Gasteiger partial charge in [0.25, 0.3) is 0 Å². The predicted octanol–water partition coefficient (Wildman–Crippen LogP) is 1.05. The highest BCUT2D eigenvalue weighted by Crippen LogP contribution is 2.25. The van der Waals surface area contributed by atoms with Crippen molar-refractivity contribution in [3.63, 3.8) is 0 Å². The third-order valence-corrected chi connectivity index (χ3v) is 4.93. The van der Waals surface area contributed by atoms with Crippen LogP contribution >= 0.6 is 11.3 Å². The van der Waals surface area contributed by atoms with Crippen LogP contribution in [0, 0.1) is 6.92 Å². The number of hydrogen-bond acceptors (Lipinski definition) is 4. The molecular weight excluding hydrogens is 238 g/mol. The molecule has 0 spiro atoms. The molecule has 0 aliphatic rings. The van der Waals surface area contributed by atoms with Crippen molar-refractivity contribution in [2.45, 2.75) is 18.1 Å². The highest BCUT2D eigenvalue weighted by molar-refractivity contribution is 7.91. The fourth-order valence-corrected chi connectivity index (χ4v) is 3.52. The van der Waals surface area contributed by atoms with Gasteiger partial charge >= 0.3 is 5.97 Å². The Hall–Kier alpha value is -0.920. The van der Waals surface area contributed by atoms with Crippen molar-refractivity contribution in [2.24, 2.45) is 0 Å². The first kappa shape index (κ1) is 12.2. The van der Waals surface area contributed by atoms with Gasteiger partial charge in [0.05, 0.1) is 0 Å². The molecule has 0 aliphatic heterocycles. The minimum atomic E-state index is -3.54. The Kier molecular flexibility index (Phi) is 3.48. The molecule has 1 rings (SSSR count). The van der Waals surface area contributed by atoms with Crippen LogP contribution in [0.3, 0.4) is 0 Å². The lowest BCUT2D eigenvalue weighted by Crippen LogP contribution is -2.22. The van der Waals surface area contributed by atoms with Gasteiger partial charge in [-0.2, -0.15) is 0 Å². The molecule has 1 aromatic heterocycles. The maximum Gasteiger partial charge on any atom is 0.346 e. The van der Waals surface area contributed by atoms with Crippen molar-refractivity contribution >= 4 is 27.3 Å². The first-order chi connectivity index (χ1) is 6.88. The average Bonchev–Trinajstić information content (AvgIpc) is 2.47. The van der Waals surface area contributed by atoms with E-state index in [1.54, 1.807) is 13.8 Å². The van der Waals surface area contributed by atoms with Gasteiger partial charge in [-0.05, 0) is 18.6 Å². The number of sulfonamides is 1. The van der Waals surface area contributed by atoms with E-state index < -0.39 is 16.0 Å². The smallest absolute Gasteiger partial charge is 0.346 e. The molecule has 0 atom stereocenters. The highest BCUT2D eigenvalue weighted by atomic mass is 32.2. The van der Waals surface area contributed by atoms with E-state index in [0.29, 0.717) is 5.56 Å². The largest absolute Gasteiger partial charge is 0.477 e. The van der Waals surface area contributed by atoms with Crippen LogP contribution in [0.1, 0.15) is 22.2 Å². The van der Waals surface area contributed by atoms with E-state index in [1.165, 1.54) is 6.07 Å². The second kappa shape index (κ2) is 4.30. The lowest BCUT2D eigenvalue weighted by Gasteiger charge is -1.99. The number of aromatic carboxylic acids is 1. The van der Waals surface area contributed by atoms with Gasteiger partial charge in [-0.15, -0.1) is 11.3 Å². The molecule has 0 aliphatic carbocycles. The Labute approximate surface area is 91.8 Å². The topological polar surface area (TPSA) is 83.5 Å². The van der Waals surface area contributed by atoms with Gasteiger partial charge < -0.3 is 5.11 Å². The molecule has 0 unspecified atom stereocenters. The third-order valence-electron chi connectivity index (χ3n) is 1.69. The van der Waals surface area contributed by atoms with Crippen LogP contribution in [-0.2, 0) is 10.0 Å². The summed E-state index contributed by atoms with van der Waals surface area (Å²) in [6.07, 6.45) is 0. The highest BCUT2D eigenvalue weighted by Gasteiger charge is 2.20. The average molecular weight is 249 g/mol. The molecule has 84 valence electrons. The quantitative estimate of drug-likeness (QED) is 0.835. The molecular formula is C8H11NO4S2. The number of rotatable bonds is 4. The van der Waals surface area contributed by atoms with Crippen LogP contribution in [0.25, 0.3) is 0 Å². The number of carbonyl (C=O) groups is 1. The summed E-state index contributed by atoms with van der Waals surface area (Å²) >= 11 is 0.764. The van der Waals surface area contributed by atoms with E-state index in [1.807, 2.05) is 0 Å². The first-order valence-corrected chi connectivity index (χ1v) is 6.52. The lowest BCUT2D eigenvalue weighted by molar-refractivity contribution is 0.0701. The normalized spacial score (nSPS) is 11.6.